The predicted octanol–water partition coefficient (Wildman–Crippen LogP) is 4.35. The molecule has 0 aliphatic heterocycles. The van der Waals surface area contributed by atoms with Crippen LogP contribution in [0.1, 0.15) is 38.2 Å². The van der Waals surface area contributed by atoms with Crippen LogP contribution < -0.4 is 0 Å². The van der Waals surface area contributed by atoms with E-state index in [-0.39, 0.29) is 5.78 Å². The highest BCUT2D eigenvalue weighted by Crippen LogP contribution is 2.17. The van der Waals surface area contributed by atoms with Crippen molar-refractivity contribution >= 4 is 5.78 Å². The van der Waals surface area contributed by atoms with Gasteiger partial charge in [-0.3, -0.25) is 4.79 Å². The van der Waals surface area contributed by atoms with E-state index in [1.165, 1.54) is 11.1 Å². The molecule has 19 heavy (non-hydrogen) atoms. The minimum absolute atomic E-state index is 0.207. The molecule has 0 aromatic heterocycles. The van der Waals surface area contributed by atoms with Crippen LogP contribution in [0.4, 0.5) is 0 Å². The highest BCUT2D eigenvalue weighted by molar-refractivity contribution is 6.00. The first kappa shape index (κ1) is 13.5. The number of rotatable bonds is 3. The molecule has 0 N–H and O–H groups in total. The highest BCUT2D eigenvalue weighted by atomic mass is 16.1. The summed E-state index contributed by atoms with van der Waals surface area (Å²) in [5.41, 5.74) is 6.61. The van der Waals surface area contributed by atoms with Crippen molar-refractivity contribution in [3.05, 3.63) is 69.8 Å². The number of hydrogen-bond donors (Lipinski definition) is 0. The molecule has 0 heterocycles. The third-order valence-corrected chi connectivity index (χ3v) is 3.70. The van der Waals surface area contributed by atoms with Crippen molar-refractivity contribution in [2.75, 3.05) is 0 Å². The summed E-state index contributed by atoms with van der Waals surface area (Å²) in [6, 6.07) is 12.2. The lowest BCUT2D eigenvalue weighted by Gasteiger charge is -2.09. The Bertz CT molecular complexity index is 603. The van der Waals surface area contributed by atoms with Crippen LogP contribution in [0.2, 0.25) is 0 Å². The van der Waals surface area contributed by atoms with Crippen molar-refractivity contribution in [3.63, 3.8) is 0 Å². The first-order valence-corrected chi connectivity index (χ1v) is 6.64. The van der Waals surface area contributed by atoms with Gasteiger partial charge in [-0.2, -0.15) is 0 Å². The summed E-state index contributed by atoms with van der Waals surface area (Å²) in [6.07, 6.45) is 0.479. The van der Waals surface area contributed by atoms with Gasteiger partial charge in [-0.1, -0.05) is 36.4 Å². The molecule has 0 saturated carbocycles. The average molecular weight is 252 g/mol. The van der Waals surface area contributed by atoms with E-state index in [1.807, 2.05) is 38.1 Å². The van der Waals surface area contributed by atoms with Crippen LogP contribution in [0.15, 0.2) is 36.4 Å². The maximum absolute atomic E-state index is 12.5. The monoisotopic (exact) mass is 252 g/mol. The van der Waals surface area contributed by atoms with E-state index in [2.05, 4.69) is 26.0 Å². The summed E-state index contributed by atoms with van der Waals surface area (Å²) in [5, 5.41) is 0. The van der Waals surface area contributed by atoms with E-state index in [4.69, 9.17) is 0 Å². The van der Waals surface area contributed by atoms with Crippen molar-refractivity contribution in [3.8, 4) is 0 Å². The van der Waals surface area contributed by atoms with Gasteiger partial charge in [0.05, 0.1) is 0 Å². The summed E-state index contributed by atoms with van der Waals surface area (Å²) in [4.78, 5) is 12.5. The fourth-order valence-corrected chi connectivity index (χ4v) is 2.44. The van der Waals surface area contributed by atoms with Gasteiger partial charge in [-0.25, -0.2) is 0 Å². The largest absolute Gasteiger partial charge is 0.294 e. The van der Waals surface area contributed by atoms with Crippen molar-refractivity contribution in [1.82, 2.24) is 0 Å². The molecule has 2 aromatic carbocycles. The Kier molecular flexibility index (Phi) is 3.84. The Balaban J connectivity index is 2.28. The zero-order valence-corrected chi connectivity index (χ0v) is 12.1. The van der Waals surface area contributed by atoms with Crippen molar-refractivity contribution < 1.29 is 4.79 Å². The Morgan fingerprint density at radius 1 is 0.842 bits per heavy atom. The quantitative estimate of drug-likeness (QED) is 0.742. The molecule has 1 heteroatoms. The topological polar surface area (TPSA) is 17.1 Å². The third-order valence-electron chi connectivity index (χ3n) is 3.70. The number of Topliss-reactive ketones (excluding diaryl/α,β-unsaturated/α-hetero) is 1. The number of ketones is 1. The van der Waals surface area contributed by atoms with Gasteiger partial charge in [0, 0.05) is 12.0 Å². The van der Waals surface area contributed by atoms with Crippen LogP contribution in [0.5, 0.6) is 0 Å². The fourth-order valence-electron chi connectivity index (χ4n) is 2.44. The standard InChI is InChI=1S/C18H20O/c1-12-8-9-16(10-15(12)4)11-17(19)18-13(2)6-5-7-14(18)3/h5-10H,11H2,1-4H3. The predicted molar refractivity (Wildman–Crippen MR) is 79.9 cm³/mol. The molecule has 0 aliphatic carbocycles. The molecular weight excluding hydrogens is 232 g/mol. The molecule has 0 spiro atoms. The lowest BCUT2D eigenvalue weighted by Crippen LogP contribution is -2.08. The molecule has 0 amide bonds. The van der Waals surface area contributed by atoms with E-state index in [1.54, 1.807) is 0 Å². The Labute approximate surface area is 115 Å². The Hall–Kier alpha value is -1.89. The SMILES string of the molecule is Cc1ccc(CC(=O)c2c(C)cccc2C)cc1C. The number of benzene rings is 2. The second kappa shape index (κ2) is 5.40. The van der Waals surface area contributed by atoms with Gasteiger partial charge in [0.1, 0.15) is 0 Å². The third kappa shape index (κ3) is 2.93. The fraction of sp³-hybridized carbons (Fsp3) is 0.278. The van der Waals surface area contributed by atoms with Gasteiger partial charge in [-0.15, -0.1) is 0 Å². The van der Waals surface area contributed by atoms with Crippen molar-refractivity contribution in [2.45, 2.75) is 34.1 Å². The number of carbonyl (C=O) groups excluding carboxylic acids is 1. The van der Waals surface area contributed by atoms with Crippen LogP contribution in [-0.2, 0) is 6.42 Å². The number of carbonyl (C=O) groups is 1. The van der Waals surface area contributed by atoms with Crippen LogP contribution in [0.3, 0.4) is 0 Å². The Morgan fingerprint density at radius 2 is 1.47 bits per heavy atom. The molecule has 0 bridgehead atoms. The average Bonchev–Trinajstić information content (AvgIpc) is 2.33. The molecule has 0 aliphatic rings. The zero-order valence-electron chi connectivity index (χ0n) is 12.1. The van der Waals surface area contributed by atoms with E-state index in [0.717, 1.165) is 22.3 Å². The smallest absolute Gasteiger partial charge is 0.167 e. The second-order valence-corrected chi connectivity index (χ2v) is 5.29. The van der Waals surface area contributed by atoms with Gasteiger partial charge in [0.15, 0.2) is 5.78 Å². The van der Waals surface area contributed by atoms with Gasteiger partial charge in [0.25, 0.3) is 0 Å². The number of aryl methyl sites for hydroxylation is 4. The van der Waals surface area contributed by atoms with Crippen LogP contribution in [0.25, 0.3) is 0 Å². The molecule has 0 saturated heterocycles. The molecule has 0 fully saturated rings. The van der Waals surface area contributed by atoms with E-state index < -0.39 is 0 Å². The molecule has 98 valence electrons. The molecule has 2 aromatic rings. The lowest BCUT2D eigenvalue weighted by molar-refractivity contribution is 0.0992. The molecule has 0 radical (unpaired) electrons. The summed E-state index contributed by atoms with van der Waals surface area (Å²) < 4.78 is 0. The normalized spacial score (nSPS) is 10.5. The highest BCUT2D eigenvalue weighted by Gasteiger charge is 2.12. The van der Waals surface area contributed by atoms with Crippen LogP contribution >= 0.6 is 0 Å². The molecular formula is C18H20O. The lowest BCUT2D eigenvalue weighted by atomic mass is 9.94. The van der Waals surface area contributed by atoms with Crippen LogP contribution in [-0.4, -0.2) is 5.78 Å². The summed E-state index contributed by atoms with van der Waals surface area (Å²) in [7, 11) is 0. The zero-order chi connectivity index (χ0) is 14.0. The minimum atomic E-state index is 0.207. The second-order valence-electron chi connectivity index (χ2n) is 5.29. The Morgan fingerprint density at radius 3 is 2.05 bits per heavy atom. The maximum Gasteiger partial charge on any atom is 0.167 e. The van der Waals surface area contributed by atoms with Gasteiger partial charge in [0.2, 0.25) is 0 Å². The maximum atomic E-state index is 12.5. The minimum Gasteiger partial charge on any atom is -0.294 e. The summed E-state index contributed by atoms with van der Waals surface area (Å²) in [6.45, 7) is 8.18. The van der Waals surface area contributed by atoms with Gasteiger partial charge < -0.3 is 0 Å². The molecule has 1 nitrogen and oxygen atoms in total. The number of hydrogen-bond acceptors (Lipinski definition) is 1. The molecule has 0 atom stereocenters. The van der Waals surface area contributed by atoms with Gasteiger partial charge >= 0.3 is 0 Å². The van der Waals surface area contributed by atoms with Gasteiger partial charge in [-0.05, 0) is 55.5 Å². The molecule has 0 unspecified atom stereocenters. The van der Waals surface area contributed by atoms with E-state index in [9.17, 15) is 4.79 Å². The summed E-state index contributed by atoms with van der Waals surface area (Å²) >= 11 is 0. The van der Waals surface area contributed by atoms with Crippen molar-refractivity contribution in [1.29, 1.82) is 0 Å². The summed E-state index contributed by atoms with van der Waals surface area (Å²) in [5.74, 6) is 0.207. The first-order chi connectivity index (χ1) is 8.99. The van der Waals surface area contributed by atoms with E-state index >= 15 is 0 Å². The van der Waals surface area contributed by atoms with Crippen molar-refractivity contribution in [2.24, 2.45) is 0 Å². The van der Waals surface area contributed by atoms with E-state index in [0.29, 0.717) is 6.42 Å². The molecule has 2 rings (SSSR count). The first-order valence-electron chi connectivity index (χ1n) is 6.64. The van der Waals surface area contributed by atoms with Crippen LogP contribution in [0, 0.1) is 27.7 Å².